The molecule has 0 amide bonds. The van der Waals surface area contributed by atoms with Gasteiger partial charge in [-0.2, -0.15) is 4.68 Å². The minimum atomic E-state index is -0.785. The summed E-state index contributed by atoms with van der Waals surface area (Å²) in [6.07, 6.45) is 0. The second kappa shape index (κ2) is 6.23. The first-order chi connectivity index (χ1) is 12.0. The number of ether oxygens (including phenoxy) is 2. The van der Waals surface area contributed by atoms with Gasteiger partial charge in [-0.05, 0) is 35.0 Å². The van der Waals surface area contributed by atoms with Crippen LogP contribution >= 0.6 is 0 Å². The second-order valence-electron chi connectivity index (χ2n) is 5.24. The monoisotopic (exact) mass is 345 g/mol. The minimum absolute atomic E-state index is 0.0330. The summed E-state index contributed by atoms with van der Waals surface area (Å²) < 4.78 is 11.2. The number of hydrogen-bond donors (Lipinski definition) is 2. The molecule has 130 valence electrons. The predicted molar refractivity (Wildman–Crippen MR) is 84.0 cm³/mol. The molecule has 2 N–H and O–H groups in total. The van der Waals surface area contributed by atoms with Crippen molar-refractivity contribution in [1.29, 1.82) is 0 Å². The van der Waals surface area contributed by atoms with Gasteiger partial charge in [0.25, 0.3) is 0 Å². The number of esters is 1. The molecule has 0 bridgehead atoms. The first-order valence-corrected chi connectivity index (χ1v) is 7.23. The molecule has 0 spiro atoms. The SMILES string of the molecule is COC(=O)C1=C(C(C)=O)[C@@H](c2ccc(O)c(OC)c2)n2nnnc2N1. The number of phenolic OH excluding ortho intramolecular Hbond substituents is 1. The summed E-state index contributed by atoms with van der Waals surface area (Å²) in [5.41, 5.74) is 0.657. The highest BCUT2D eigenvalue weighted by Crippen LogP contribution is 2.38. The average Bonchev–Trinajstić information content (AvgIpc) is 3.08. The number of rotatable bonds is 4. The number of tetrazole rings is 1. The fourth-order valence-corrected chi connectivity index (χ4v) is 2.69. The number of phenols is 1. The third-order valence-corrected chi connectivity index (χ3v) is 3.81. The molecule has 0 saturated heterocycles. The van der Waals surface area contributed by atoms with E-state index in [0.717, 1.165) is 0 Å². The highest BCUT2D eigenvalue weighted by molar-refractivity contribution is 6.06. The molecule has 0 saturated carbocycles. The van der Waals surface area contributed by atoms with Crippen molar-refractivity contribution in [3.8, 4) is 11.5 Å². The summed E-state index contributed by atoms with van der Waals surface area (Å²) in [5.74, 6) is -0.726. The summed E-state index contributed by atoms with van der Waals surface area (Å²) >= 11 is 0. The van der Waals surface area contributed by atoms with E-state index in [-0.39, 0.29) is 34.5 Å². The van der Waals surface area contributed by atoms with Crippen molar-refractivity contribution >= 4 is 17.7 Å². The molecule has 2 heterocycles. The lowest BCUT2D eigenvalue weighted by Crippen LogP contribution is -2.32. The maximum absolute atomic E-state index is 12.3. The summed E-state index contributed by atoms with van der Waals surface area (Å²) in [6.45, 7) is 1.33. The summed E-state index contributed by atoms with van der Waals surface area (Å²) in [5, 5.41) is 23.8. The molecular formula is C15H15N5O5. The Morgan fingerprint density at radius 1 is 1.32 bits per heavy atom. The first-order valence-electron chi connectivity index (χ1n) is 7.23. The zero-order valence-corrected chi connectivity index (χ0v) is 13.7. The third kappa shape index (κ3) is 2.67. The zero-order chi connectivity index (χ0) is 18.1. The van der Waals surface area contributed by atoms with Crippen LogP contribution in [0.15, 0.2) is 29.5 Å². The van der Waals surface area contributed by atoms with Crippen molar-refractivity contribution < 1.29 is 24.2 Å². The van der Waals surface area contributed by atoms with E-state index >= 15 is 0 Å². The van der Waals surface area contributed by atoms with Gasteiger partial charge in [-0.25, -0.2) is 4.79 Å². The van der Waals surface area contributed by atoms with Crippen molar-refractivity contribution in [1.82, 2.24) is 20.2 Å². The van der Waals surface area contributed by atoms with Gasteiger partial charge in [-0.3, -0.25) is 4.79 Å². The van der Waals surface area contributed by atoms with E-state index < -0.39 is 12.0 Å². The number of hydrogen-bond acceptors (Lipinski definition) is 9. The lowest BCUT2D eigenvalue weighted by atomic mass is 9.92. The number of Topliss-reactive ketones (excluding diaryl/α,β-unsaturated/α-hetero) is 1. The molecule has 0 aliphatic carbocycles. The Bertz CT molecular complexity index is 888. The number of nitrogens with one attached hydrogen (secondary N) is 1. The van der Waals surface area contributed by atoms with Gasteiger partial charge in [0.1, 0.15) is 11.7 Å². The van der Waals surface area contributed by atoms with E-state index in [0.29, 0.717) is 5.56 Å². The Kier molecular flexibility index (Phi) is 4.09. The molecule has 10 nitrogen and oxygen atoms in total. The Morgan fingerprint density at radius 2 is 2.08 bits per heavy atom. The molecule has 1 aliphatic rings. The lowest BCUT2D eigenvalue weighted by Gasteiger charge is -2.27. The van der Waals surface area contributed by atoms with E-state index in [1.54, 1.807) is 12.1 Å². The Labute approximate surface area is 142 Å². The molecule has 10 heteroatoms. The summed E-state index contributed by atoms with van der Waals surface area (Å²) in [6, 6.07) is 3.79. The van der Waals surface area contributed by atoms with Gasteiger partial charge in [0.15, 0.2) is 17.3 Å². The molecule has 1 atom stereocenters. The molecule has 0 fully saturated rings. The van der Waals surface area contributed by atoms with E-state index in [1.165, 1.54) is 31.9 Å². The number of carbonyl (C=O) groups is 2. The Hall–Kier alpha value is -3.43. The van der Waals surface area contributed by atoms with Crippen LogP contribution in [0.4, 0.5) is 5.95 Å². The van der Waals surface area contributed by atoms with Crippen molar-refractivity contribution in [3.63, 3.8) is 0 Å². The second-order valence-corrected chi connectivity index (χ2v) is 5.24. The summed E-state index contributed by atoms with van der Waals surface area (Å²) in [7, 11) is 2.62. The molecule has 0 radical (unpaired) electrons. The Morgan fingerprint density at radius 3 is 2.72 bits per heavy atom. The number of nitrogens with zero attached hydrogens (tertiary/aromatic N) is 4. The largest absolute Gasteiger partial charge is 0.504 e. The van der Waals surface area contributed by atoms with Crippen molar-refractivity contribution in [2.24, 2.45) is 0 Å². The number of carbonyl (C=O) groups excluding carboxylic acids is 2. The highest BCUT2D eigenvalue weighted by Gasteiger charge is 2.37. The van der Waals surface area contributed by atoms with Crippen LogP contribution in [-0.2, 0) is 14.3 Å². The molecule has 25 heavy (non-hydrogen) atoms. The van der Waals surface area contributed by atoms with Gasteiger partial charge in [-0.1, -0.05) is 11.2 Å². The van der Waals surface area contributed by atoms with Crippen molar-refractivity contribution in [2.75, 3.05) is 19.5 Å². The van der Waals surface area contributed by atoms with Gasteiger partial charge in [-0.15, -0.1) is 0 Å². The van der Waals surface area contributed by atoms with Gasteiger partial charge in [0.05, 0.1) is 19.8 Å². The smallest absolute Gasteiger partial charge is 0.355 e. The molecule has 1 aromatic heterocycles. The van der Waals surface area contributed by atoms with Gasteiger partial charge >= 0.3 is 5.97 Å². The predicted octanol–water partition coefficient (Wildman–Crippen LogP) is 0.418. The minimum Gasteiger partial charge on any atom is -0.504 e. The zero-order valence-electron chi connectivity index (χ0n) is 13.7. The third-order valence-electron chi connectivity index (χ3n) is 3.81. The Balaban J connectivity index is 2.25. The number of fused-ring (bicyclic) bond motifs is 1. The number of aromatic hydroxyl groups is 1. The van der Waals surface area contributed by atoms with Crippen LogP contribution < -0.4 is 10.1 Å². The first kappa shape index (κ1) is 16.4. The topological polar surface area (TPSA) is 128 Å². The maximum Gasteiger partial charge on any atom is 0.355 e. The number of ketones is 1. The van der Waals surface area contributed by atoms with E-state index in [1.807, 2.05) is 0 Å². The molecule has 1 aromatic carbocycles. The number of anilines is 1. The van der Waals surface area contributed by atoms with Gasteiger partial charge in [0, 0.05) is 0 Å². The molecule has 1 aliphatic heterocycles. The van der Waals surface area contributed by atoms with E-state index in [9.17, 15) is 14.7 Å². The number of benzene rings is 1. The molecule has 3 rings (SSSR count). The van der Waals surface area contributed by atoms with Gasteiger partial charge < -0.3 is 19.9 Å². The van der Waals surface area contributed by atoms with Crippen LogP contribution in [0.2, 0.25) is 0 Å². The average molecular weight is 345 g/mol. The van der Waals surface area contributed by atoms with Crippen LogP contribution in [-0.4, -0.2) is 51.3 Å². The van der Waals surface area contributed by atoms with Gasteiger partial charge in [0.2, 0.25) is 5.95 Å². The standard InChI is InChI=1S/C15H15N5O5/c1-7(21)11-12(14(23)25-3)16-15-17-18-19-20(15)13(11)8-4-5-9(22)10(6-8)24-2/h4-6,13,22H,1-3H3,(H,16,17,19)/t13-/m1/s1. The van der Waals surface area contributed by atoms with Crippen LogP contribution in [0, 0.1) is 0 Å². The lowest BCUT2D eigenvalue weighted by molar-refractivity contribution is -0.136. The van der Waals surface area contributed by atoms with Crippen molar-refractivity contribution in [2.45, 2.75) is 13.0 Å². The molecule has 0 unspecified atom stereocenters. The van der Waals surface area contributed by atoms with Crippen molar-refractivity contribution in [3.05, 3.63) is 35.0 Å². The quantitative estimate of drug-likeness (QED) is 0.757. The maximum atomic E-state index is 12.3. The van der Waals surface area contributed by atoms with E-state index in [2.05, 4.69) is 20.8 Å². The number of aromatic nitrogens is 4. The fraction of sp³-hybridized carbons (Fsp3) is 0.267. The van der Waals surface area contributed by atoms with Crippen LogP contribution in [0.5, 0.6) is 11.5 Å². The molecule has 2 aromatic rings. The summed E-state index contributed by atoms with van der Waals surface area (Å²) in [4.78, 5) is 24.4. The van der Waals surface area contributed by atoms with Crippen LogP contribution in [0.3, 0.4) is 0 Å². The van der Waals surface area contributed by atoms with E-state index in [4.69, 9.17) is 9.47 Å². The number of allylic oxidation sites excluding steroid dienone is 1. The normalized spacial score (nSPS) is 16.0. The van der Waals surface area contributed by atoms with Crippen LogP contribution in [0.1, 0.15) is 18.5 Å². The fourth-order valence-electron chi connectivity index (χ4n) is 2.69. The highest BCUT2D eigenvalue weighted by atomic mass is 16.5. The van der Waals surface area contributed by atoms with Crippen LogP contribution in [0.25, 0.3) is 0 Å². The molecular weight excluding hydrogens is 330 g/mol. The number of methoxy groups -OCH3 is 2.